The molecule has 0 saturated carbocycles. The third kappa shape index (κ3) is 1.33. The summed E-state index contributed by atoms with van der Waals surface area (Å²) in [7, 11) is 2.44. The first kappa shape index (κ1) is 6.37. The van der Waals surface area contributed by atoms with Gasteiger partial charge in [0, 0.05) is 0 Å². The van der Waals surface area contributed by atoms with Gasteiger partial charge >= 0.3 is 0 Å². The smallest absolute Gasteiger partial charge is 0.115 e. The number of hydrogen-bond donors (Lipinski definition) is 0. The van der Waals surface area contributed by atoms with Crippen molar-refractivity contribution in [3.05, 3.63) is 29.2 Å². The lowest BCUT2D eigenvalue weighted by molar-refractivity contribution is 1.53. The van der Waals surface area contributed by atoms with Gasteiger partial charge in [0.25, 0.3) is 0 Å². The Balaban J connectivity index is 3.15. The Labute approximate surface area is 55.5 Å². The van der Waals surface area contributed by atoms with Crippen LogP contribution in [0.5, 0.6) is 0 Å². The van der Waals surface area contributed by atoms with E-state index in [2.05, 4.69) is 14.4 Å². The molecule has 0 aliphatic heterocycles. The third-order valence-corrected chi connectivity index (χ3v) is 1.52. The van der Waals surface area contributed by atoms with Gasteiger partial charge in [0.2, 0.25) is 0 Å². The van der Waals surface area contributed by atoms with Crippen molar-refractivity contribution >= 4 is 20.2 Å². The van der Waals surface area contributed by atoms with E-state index in [1.165, 1.54) is 0 Å². The van der Waals surface area contributed by atoms with E-state index < -0.39 is 0 Å². The van der Waals surface area contributed by atoms with Crippen LogP contribution in [-0.2, 0) is 0 Å². The SMILES string of the molecule is O=Nc1ccccc1P. The Morgan fingerprint density at radius 3 is 2.44 bits per heavy atom. The third-order valence-electron chi connectivity index (χ3n) is 1.04. The molecule has 0 amide bonds. The number of rotatable bonds is 1. The largest absolute Gasteiger partial charge is 0.145 e. The summed E-state index contributed by atoms with van der Waals surface area (Å²) >= 11 is 0. The lowest BCUT2D eigenvalue weighted by Crippen LogP contribution is -1.86. The monoisotopic (exact) mass is 139 g/mol. The summed E-state index contributed by atoms with van der Waals surface area (Å²) in [6.07, 6.45) is 0. The van der Waals surface area contributed by atoms with E-state index >= 15 is 0 Å². The highest BCUT2D eigenvalue weighted by molar-refractivity contribution is 7.28. The first-order valence-electron chi connectivity index (χ1n) is 2.52. The summed E-state index contributed by atoms with van der Waals surface area (Å²) in [4.78, 5) is 9.96. The zero-order chi connectivity index (χ0) is 6.69. The zero-order valence-corrected chi connectivity index (χ0v) is 5.90. The molecule has 0 heterocycles. The summed E-state index contributed by atoms with van der Waals surface area (Å²) in [6, 6.07) is 7.14. The van der Waals surface area contributed by atoms with Gasteiger partial charge < -0.3 is 0 Å². The van der Waals surface area contributed by atoms with E-state index in [9.17, 15) is 4.91 Å². The van der Waals surface area contributed by atoms with Crippen molar-refractivity contribution in [1.29, 1.82) is 0 Å². The van der Waals surface area contributed by atoms with Crippen LogP contribution in [0.1, 0.15) is 0 Å². The average Bonchev–Trinajstić information content (AvgIpc) is 1.89. The van der Waals surface area contributed by atoms with Crippen molar-refractivity contribution in [3.63, 3.8) is 0 Å². The Hall–Kier alpha value is -0.750. The lowest BCUT2D eigenvalue weighted by Gasteiger charge is -1.90. The van der Waals surface area contributed by atoms with Crippen LogP contribution < -0.4 is 5.30 Å². The van der Waals surface area contributed by atoms with Crippen LogP contribution in [-0.4, -0.2) is 0 Å². The van der Waals surface area contributed by atoms with Crippen LogP contribution in [0, 0.1) is 4.91 Å². The Kier molecular flexibility index (Phi) is 1.91. The molecule has 3 heteroatoms. The maximum Gasteiger partial charge on any atom is 0.115 e. The molecule has 0 fully saturated rings. The van der Waals surface area contributed by atoms with Crippen LogP contribution in [0.15, 0.2) is 29.4 Å². The van der Waals surface area contributed by atoms with Crippen molar-refractivity contribution < 1.29 is 0 Å². The minimum absolute atomic E-state index is 0.488. The standard InChI is InChI=1S/C6H6NOP/c8-7-5-3-1-2-4-6(5)9/h1-4H,9H2. The fourth-order valence-electron chi connectivity index (χ4n) is 0.571. The van der Waals surface area contributed by atoms with Crippen LogP contribution >= 0.6 is 9.24 Å². The fraction of sp³-hybridized carbons (Fsp3) is 0. The normalized spacial score (nSPS) is 9.00. The van der Waals surface area contributed by atoms with E-state index in [1.807, 2.05) is 12.1 Å². The quantitative estimate of drug-likeness (QED) is 0.429. The Morgan fingerprint density at radius 1 is 1.33 bits per heavy atom. The summed E-state index contributed by atoms with van der Waals surface area (Å²) in [5.41, 5.74) is 0.488. The Morgan fingerprint density at radius 2 is 2.00 bits per heavy atom. The molecule has 0 N–H and O–H groups in total. The molecule has 1 atom stereocenters. The van der Waals surface area contributed by atoms with Gasteiger partial charge in [0.15, 0.2) is 0 Å². The molecule has 0 aliphatic carbocycles. The molecule has 1 aromatic carbocycles. The van der Waals surface area contributed by atoms with Crippen LogP contribution in [0.2, 0.25) is 0 Å². The highest BCUT2D eigenvalue weighted by Crippen LogP contribution is 2.08. The molecule has 0 bridgehead atoms. The number of hydrogen-bond acceptors (Lipinski definition) is 2. The van der Waals surface area contributed by atoms with Gasteiger partial charge in [-0.25, -0.2) is 0 Å². The van der Waals surface area contributed by atoms with Gasteiger partial charge in [0.1, 0.15) is 5.69 Å². The second kappa shape index (κ2) is 2.70. The molecular formula is C6H6NOP. The van der Waals surface area contributed by atoms with Crippen LogP contribution in [0.4, 0.5) is 5.69 Å². The maximum absolute atomic E-state index is 9.96. The van der Waals surface area contributed by atoms with Crippen molar-refractivity contribution in [2.45, 2.75) is 0 Å². The molecule has 9 heavy (non-hydrogen) atoms. The molecule has 0 saturated heterocycles. The molecule has 0 aromatic heterocycles. The van der Waals surface area contributed by atoms with Gasteiger partial charge in [-0.05, 0) is 16.5 Å². The predicted octanol–water partition coefficient (Wildman–Crippen LogP) is 1.58. The number of nitroso groups, excluding NO2 is 1. The van der Waals surface area contributed by atoms with Crippen LogP contribution in [0.3, 0.4) is 0 Å². The van der Waals surface area contributed by atoms with Crippen molar-refractivity contribution in [2.24, 2.45) is 5.18 Å². The first-order chi connectivity index (χ1) is 4.34. The summed E-state index contributed by atoms with van der Waals surface area (Å²) in [5.74, 6) is 0. The van der Waals surface area contributed by atoms with Gasteiger partial charge in [0.05, 0.1) is 0 Å². The second-order valence-corrected chi connectivity index (χ2v) is 2.27. The van der Waals surface area contributed by atoms with E-state index in [0.717, 1.165) is 5.30 Å². The predicted molar refractivity (Wildman–Crippen MR) is 41.2 cm³/mol. The highest BCUT2D eigenvalue weighted by atomic mass is 31.0. The molecule has 0 aliphatic rings. The zero-order valence-electron chi connectivity index (χ0n) is 4.74. The number of nitrogens with zero attached hydrogens (tertiary/aromatic N) is 1. The molecule has 1 rings (SSSR count). The molecule has 0 spiro atoms. The highest BCUT2D eigenvalue weighted by Gasteiger charge is 1.91. The summed E-state index contributed by atoms with van der Waals surface area (Å²) in [5, 5.41) is 3.64. The van der Waals surface area contributed by atoms with Crippen molar-refractivity contribution in [1.82, 2.24) is 0 Å². The van der Waals surface area contributed by atoms with E-state index in [0.29, 0.717) is 5.69 Å². The maximum atomic E-state index is 9.96. The lowest BCUT2D eigenvalue weighted by atomic mass is 10.3. The van der Waals surface area contributed by atoms with E-state index in [-0.39, 0.29) is 0 Å². The molecule has 2 nitrogen and oxygen atoms in total. The fourth-order valence-corrected chi connectivity index (χ4v) is 0.831. The van der Waals surface area contributed by atoms with Gasteiger partial charge in [-0.1, -0.05) is 18.2 Å². The minimum Gasteiger partial charge on any atom is -0.145 e. The van der Waals surface area contributed by atoms with Gasteiger partial charge in [-0.3, -0.25) is 0 Å². The van der Waals surface area contributed by atoms with Crippen molar-refractivity contribution in [2.75, 3.05) is 0 Å². The summed E-state index contributed by atoms with van der Waals surface area (Å²) < 4.78 is 0. The second-order valence-electron chi connectivity index (χ2n) is 1.65. The molecule has 0 radical (unpaired) electrons. The topological polar surface area (TPSA) is 29.4 Å². The van der Waals surface area contributed by atoms with Crippen molar-refractivity contribution in [3.8, 4) is 0 Å². The van der Waals surface area contributed by atoms with Gasteiger partial charge in [-0.15, -0.1) is 14.1 Å². The Bertz CT molecular complexity index is 224. The minimum atomic E-state index is 0.488. The van der Waals surface area contributed by atoms with E-state index in [1.54, 1.807) is 12.1 Å². The summed E-state index contributed by atoms with van der Waals surface area (Å²) in [6.45, 7) is 0. The first-order valence-corrected chi connectivity index (χ1v) is 3.10. The van der Waals surface area contributed by atoms with Crippen LogP contribution in [0.25, 0.3) is 0 Å². The average molecular weight is 139 g/mol. The molecule has 1 aromatic rings. The molecule has 1 unspecified atom stereocenters. The molecular weight excluding hydrogens is 133 g/mol. The van der Waals surface area contributed by atoms with E-state index in [4.69, 9.17) is 0 Å². The number of benzene rings is 1. The van der Waals surface area contributed by atoms with Gasteiger partial charge in [-0.2, -0.15) is 0 Å². The molecule has 46 valence electrons.